The molecule has 22 heavy (non-hydrogen) atoms. The largest absolute Gasteiger partial charge is 0.325 e. The lowest BCUT2D eigenvalue weighted by Crippen LogP contribution is -2.25. The number of carbonyl (C=O) groups is 1. The van der Waals surface area contributed by atoms with Gasteiger partial charge in [-0.2, -0.15) is 0 Å². The summed E-state index contributed by atoms with van der Waals surface area (Å²) in [6.45, 7) is 6.00. The van der Waals surface area contributed by atoms with Crippen LogP contribution < -0.4 is 5.32 Å². The van der Waals surface area contributed by atoms with Crippen LogP contribution in [0.25, 0.3) is 0 Å². The molecule has 0 aromatic heterocycles. The summed E-state index contributed by atoms with van der Waals surface area (Å²) < 4.78 is 0. The number of amides is 1. The summed E-state index contributed by atoms with van der Waals surface area (Å²) in [5.41, 5.74) is 2.69. The Labute approximate surface area is 141 Å². The molecule has 0 spiro atoms. The smallest absolute Gasteiger partial charge is 0.232 e. The van der Waals surface area contributed by atoms with Gasteiger partial charge in [0.1, 0.15) is 0 Å². The Kier molecular flexibility index (Phi) is 5.49. The zero-order valence-corrected chi connectivity index (χ0v) is 14.4. The van der Waals surface area contributed by atoms with Crippen molar-refractivity contribution in [1.29, 1.82) is 0 Å². The third-order valence-corrected chi connectivity index (χ3v) is 4.11. The molecule has 0 bridgehead atoms. The maximum atomic E-state index is 12.7. The Morgan fingerprint density at radius 2 is 1.59 bits per heavy atom. The van der Waals surface area contributed by atoms with Crippen molar-refractivity contribution in [1.82, 2.24) is 0 Å². The molecule has 0 aliphatic carbocycles. The van der Waals surface area contributed by atoms with Gasteiger partial charge in [0.2, 0.25) is 5.91 Å². The summed E-state index contributed by atoms with van der Waals surface area (Å²) in [6, 6.07) is 12.9. The summed E-state index contributed by atoms with van der Waals surface area (Å²) in [5.74, 6) is -0.0797. The van der Waals surface area contributed by atoms with Crippen molar-refractivity contribution in [2.45, 2.75) is 26.7 Å². The van der Waals surface area contributed by atoms with E-state index in [-0.39, 0.29) is 17.7 Å². The van der Waals surface area contributed by atoms with Crippen molar-refractivity contribution in [3.05, 3.63) is 63.6 Å². The Balaban J connectivity index is 2.25. The minimum absolute atomic E-state index is 0.0252. The van der Waals surface area contributed by atoms with Gasteiger partial charge in [0.25, 0.3) is 0 Å². The average Bonchev–Trinajstić information content (AvgIpc) is 2.44. The molecule has 2 nitrogen and oxygen atoms in total. The zero-order chi connectivity index (χ0) is 16.3. The molecule has 0 aliphatic heterocycles. The molecule has 2 aromatic carbocycles. The fourth-order valence-electron chi connectivity index (χ4n) is 2.49. The predicted octanol–water partition coefficient (Wildman–Crippen LogP) is 5.68. The van der Waals surface area contributed by atoms with Crippen LogP contribution in [-0.2, 0) is 4.79 Å². The molecule has 0 aliphatic rings. The van der Waals surface area contributed by atoms with Crippen molar-refractivity contribution < 1.29 is 4.79 Å². The number of carbonyl (C=O) groups excluding carboxylic acids is 1. The second kappa shape index (κ2) is 7.17. The highest BCUT2D eigenvalue weighted by molar-refractivity contribution is 6.31. The van der Waals surface area contributed by atoms with Gasteiger partial charge >= 0.3 is 0 Å². The van der Waals surface area contributed by atoms with Crippen molar-refractivity contribution in [2.75, 3.05) is 5.32 Å². The lowest BCUT2D eigenvalue weighted by Gasteiger charge is -2.21. The second-order valence-electron chi connectivity index (χ2n) is 5.72. The van der Waals surface area contributed by atoms with Crippen LogP contribution in [0.2, 0.25) is 10.0 Å². The number of hydrogen-bond acceptors (Lipinski definition) is 1. The minimum Gasteiger partial charge on any atom is -0.325 e. The monoisotopic (exact) mass is 335 g/mol. The molecule has 0 heterocycles. The van der Waals surface area contributed by atoms with Crippen LogP contribution >= 0.6 is 23.2 Å². The molecule has 1 N–H and O–H groups in total. The van der Waals surface area contributed by atoms with Crippen LogP contribution in [0.3, 0.4) is 0 Å². The van der Waals surface area contributed by atoms with Gasteiger partial charge in [0.15, 0.2) is 0 Å². The van der Waals surface area contributed by atoms with Crippen LogP contribution in [0.15, 0.2) is 42.5 Å². The normalized spacial score (nSPS) is 12.3. The maximum absolute atomic E-state index is 12.7. The van der Waals surface area contributed by atoms with Gasteiger partial charge in [-0.3, -0.25) is 4.79 Å². The number of rotatable bonds is 4. The Bertz CT molecular complexity index is 665. The first-order valence-electron chi connectivity index (χ1n) is 7.21. The van der Waals surface area contributed by atoms with E-state index in [9.17, 15) is 4.79 Å². The van der Waals surface area contributed by atoms with Crippen molar-refractivity contribution in [3.8, 4) is 0 Å². The van der Waals surface area contributed by atoms with Gasteiger partial charge in [0, 0.05) is 15.7 Å². The first kappa shape index (κ1) is 16.9. The number of halogens is 2. The number of nitrogens with one attached hydrogen (secondary N) is 1. The highest BCUT2D eigenvalue weighted by atomic mass is 35.5. The van der Waals surface area contributed by atoms with Gasteiger partial charge in [-0.05, 0) is 54.3 Å². The van der Waals surface area contributed by atoms with Gasteiger partial charge < -0.3 is 5.32 Å². The molecular weight excluding hydrogens is 317 g/mol. The van der Waals surface area contributed by atoms with E-state index < -0.39 is 0 Å². The quantitative estimate of drug-likeness (QED) is 0.764. The first-order chi connectivity index (χ1) is 10.4. The topological polar surface area (TPSA) is 29.1 Å². The molecule has 2 aromatic rings. The number of benzene rings is 2. The Hall–Kier alpha value is -1.51. The van der Waals surface area contributed by atoms with E-state index in [0.717, 1.165) is 16.8 Å². The number of aryl methyl sites for hydroxylation is 1. The van der Waals surface area contributed by atoms with Crippen LogP contribution in [-0.4, -0.2) is 5.91 Å². The summed E-state index contributed by atoms with van der Waals surface area (Å²) in [4.78, 5) is 12.7. The molecule has 2 rings (SSSR count). The van der Waals surface area contributed by atoms with Crippen molar-refractivity contribution in [2.24, 2.45) is 5.92 Å². The highest BCUT2D eigenvalue weighted by Gasteiger charge is 2.24. The zero-order valence-electron chi connectivity index (χ0n) is 12.9. The molecule has 0 fully saturated rings. The van der Waals surface area contributed by atoms with E-state index in [0.29, 0.717) is 10.0 Å². The van der Waals surface area contributed by atoms with E-state index in [1.165, 1.54) is 0 Å². The molecule has 1 atom stereocenters. The van der Waals surface area contributed by atoms with E-state index in [1.807, 2.05) is 57.2 Å². The fraction of sp³-hybridized carbons (Fsp3) is 0.278. The molecule has 0 radical (unpaired) electrons. The lowest BCUT2D eigenvalue weighted by molar-refractivity contribution is -0.118. The Morgan fingerprint density at radius 3 is 2.14 bits per heavy atom. The number of hydrogen-bond donors (Lipinski definition) is 1. The van der Waals surface area contributed by atoms with Crippen LogP contribution in [0.5, 0.6) is 0 Å². The minimum atomic E-state index is -0.229. The van der Waals surface area contributed by atoms with E-state index in [2.05, 4.69) is 5.32 Å². The molecule has 4 heteroatoms. The van der Waals surface area contributed by atoms with Crippen LogP contribution in [0, 0.1) is 12.8 Å². The number of anilines is 1. The third-order valence-electron chi connectivity index (χ3n) is 3.62. The highest BCUT2D eigenvalue weighted by Crippen LogP contribution is 2.28. The van der Waals surface area contributed by atoms with Crippen LogP contribution in [0.1, 0.15) is 30.9 Å². The maximum Gasteiger partial charge on any atom is 0.232 e. The lowest BCUT2D eigenvalue weighted by atomic mass is 9.87. The molecule has 0 saturated heterocycles. The first-order valence-corrected chi connectivity index (χ1v) is 7.96. The van der Waals surface area contributed by atoms with E-state index in [4.69, 9.17) is 23.2 Å². The molecular formula is C18H19Cl2NO. The summed E-state index contributed by atoms with van der Waals surface area (Å²) in [6.07, 6.45) is 0. The molecule has 1 amide bonds. The van der Waals surface area contributed by atoms with Gasteiger partial charge in [-0.15, -0.1) is 0 Å². The Morgan fingerprint density at radius 1 is 1.00 bits per heavy atom. The summed E-state index contributed by atoms with van der Waals surface area (Å²) in [7, 11) is 0. The third kappa shape index (κ3) is 4.02. The van der Waals surface area contributed by atoms with E-state index >= 15 is 0 Å². The van der Waals surface area contributed by atoms with Gasteiger partial charge in [-0.1, -0.05) is 49.2 Å². The molecule has 116 valence electrons. The summed E-state index contributed by atoms with van der Waals surface area (Å²) >= 11 is 11.9. The summed E-state index contributed by atoms with van der Waals surface area (Å²) in [5, 5.41) is 4.33. The van der Waals surface area contributed by atoms with E-state index in [1.54, 1.807) is 6.07 Å². The van der Waals surface area contributed by atoms with Gasteiger partial charge in [-0.25, -0.2) is 0 Å². The van der Waals surface area contributed by atoms with Crippen molar-refractivity contribution in [3.63, 3.8) is 0 Å². The fourth-order valence-corrected chi connectivity index (χ4v) is 2.84. The second-order valence-corrected chi connectivity index (χ2v) is 6.59. The molecule has 0 unspecified atom stereocenters. The van der Waals surface area contributed by atoms with Gasteiger partial charge in [0.05, 0.1) is 5.92 Å². The average molecular weight is 336 g/mol. The predicted molar refractivity (Wildman–Crippen MR) is 93.8 cm³/mol. The van der Waals surface area contributed by atoms with Crippen molar-refractivity contribution >= 4 is 34.8 Å². The standard InChI is InChI=1S/C18H19Cl2NO/c1-11(2)17(13-4-6-14(19)7-5-13)18(22)21-16-9-8-15(20)10-12(16)3/h4-11,17H,1-3H3,(H,21,22)/t17-/m0/s1. The van der Waals surface area contributed by atoms with Crippen LogP contribution in [0.4, 0.5) is 5.69 Å². The SMILES string of the molecule is Cc1cc(Cl)ccc1NC(=O)[C@H](c1ccc(Cl)cc1)C(C)C. The molecule has 0 saturated carbocycles.